The lowest BCUT2D eigenvalue weighted by molar-refractivity contribution is -0.0173. The Morgan fingerprint density at radius 1 is 1.26 bits per heavy atom. The van der Waals surface area contributed by atoms with Gasteiger partial charge in [-0.25, -0.2) is 0 Å². The van der Waals surface area contributed by atoms with Gasteiger partial charge in [-0.05, 0) is 12.1 Å². The summed E-state index contributed by atoms with van der Waals surface area (Å²) in [6, 6.07) is 7.72. The van der Waals surface area contributed by atoms with Gasteiger partial charge in [0.25, 0.3) is 0 Å². The average molecular weight is 258 g/mol. The number of nitrogen functional groups attached to an aromatic ring is 1. The van der Waals surface area contributed by atoms with Crippen LogP contribution in [0.4, 0.5) is 5.69 Å². The van der Waals surface area contributed by atoms with Crippen LogP contribution in [-0.2, 0) is 17.9 Å². The van der Waals surface area contributed by atoms with E-state index in [1.165, 1.54) is 0 Å². The van der Waals surface area contributed by atoms with Gasteiger partial charge in [-0.3, -0.25) is 4.90 Å². The highest BCUT2D eigenvalue weighted by atomic mass is 16.7. The zero-order valence-corrected chi connectivity index (χ0v) is 10.4. The van der Waals surface area contributed by atoms with Gasteiger partial charge in [-0.2, -0.15) is 10.5 Å². The van der Waals surface area contributed by atoms with Crippen LogP contribution >= 0.6 is 0 Å². The summed E-state index contributed by atoms with van der Waals surface area (Å²) in [6.07, 6.45) is 0. The van der Waals surface area contributed by atoms with E-state index in [2.05, 4.69) is 0 Å². The maximum absolute atomic E-state index is 8.76. The summed E-state index contributed by atoms with van der Waals surface area (Å²) >= 11 is 0. The highest BCUT2D eigenvalue weighted by Gasteiger charge is 2.18. The van der Waals surface area contributed by atoms with Crippen LogP contribution < -0.4 is 10.5 Å². The monoisotopic (exact) mass is 258 g/mol. The van der Waals surface area contributed by atoms with Crippen LogP contribution in [0.3, 0.4) is 0 Å². The maximum atomic E-state index is 8.76. The molecular formula is C13H14N4O2. The Morgan fingerprint density at radius 2 is 2.00 bits per heavy atom. The number of hydrogen-bond donors (Lipinski definition) is 1. The van der Waals surface area contributed by atoms with Gasteiger partial charge >= 0.3 is 0 Å². The molecule has 98 valence electrons. The number of nitrogens with two attached hydrogens (primary N) is 1. The fourth-order valence-corrected chi connectivity index (χ4v) is 2.05. The summed E-state index contributed by atoms with van der Waals surface area (Å²) in [5.74, 6) is 0.751. The molecule has 1 aromatic carbocycles. The molecule has 0 saturated carbocycles. The zero-order valence-electron chi connectivity index (χ0n) is 10.4. The van der Waals surface area contributed by atoms with Crippen molar-refractivity contribution in [3.63, 3.8) is 0 Å². The summed E-state index contributed by atoms with van der Waals surface area (Å²) in [6.45, 7) is 1.50. The number of nitriles is 2. The van der Waals surface area contributed by atoms with Gasteiger partial charge in [-0.15, -0.1) is 0 Å². The third-order valence-corrected chi connectivity index (χ3v) is 2.79. The molecule has 0 aliphatic carbocycles. The summed E-state index contributed by atoms with van der Waals surface area (Å²) in [5.41, 5.74) is 8.25. The zero-order chi connectivity index (χ0) is 13.7. The van der Waals surface area contributed by atoms with Crippen molar-refractivity contribution in [2.24, 2.45) is 0 Å². The molecule has 0 saturated heterocycles. The van der Waals surface area contributed by atoms with E-state index in [0.29, 0.717) is 18.8 Å². The van der Waals surface area contributed by atoms with E-state index < -0.39 is 0 Å². The third-order valence-electron chi connectivity index (χ3n) is 2.79. The lowest BCUT2D eigenvalue weighted by Gasteiger charge is -2.23. The van der Waals surface area contributed by atoms with Crippen molar-refractivity contribution in [1.29, 1.82) is 10.5 Å². The minimum atomic E-state index is 0.188. The highest BCUT2D eigenvalue weighted by molar-refractivity contribution is 5.53. The fourth-order valence-electron chi connectivity index (χ4n) is 2.05. The highest BCUT2D eigenvalue weighted by Crippen LogP contribution is 2.31. The van der Waals surface area contributed by atoms with Crippen molar-refractivity contribution in [2.75, 3.05) is 25.6 Å². The van der Waals surface area contributed by atoms with Crippen molar-refractivity contribution in [1.82, 2.24) is 4.90 Å². The van der Waals surface area contributed by atoms with E-state index in [1.54, 1.807) is 4.90 Å². The second kappa shape index (κ2) is 6.05. The van der Waals surface area contributed by atoms with Gasteiger partial charge in [0.15, 0.2) is 6.79 Å². The van der Waals surface area contributed by atoms with E-state index in [9.17, 15) is 0 Å². The Bertz CT molecular complexity index is 529. The first kappa shape index (κ1) is 13.2. The molecule has 0 bridgehead atoms. The quantitative estimate of drug-likeness (QED) is 0.639. The molecule has 1 aliphatic heterocycles. The van der Waals surface area contributed by atoms with Crippen molar-refractivity contribution >= 4 is 5.69 Å². The Hall–Kier alpha value is -2.28. The standard InChI is InChI=1S/C13H14N4O2/c14-1-3-17(4-2-15)7-10-5-12(16)6-11-8-18-9-19-13(10)11/h5-6H,3-4,7-9,16H2. The van der Waals surface area contributed by atoms with E-state index >= 15 is 0 Å². The fraction of sp³-hybridized carbons (Fsp3) is 0.385. The second-order valence-electron chi connectivity index (χ2n) is 4.24. The number of anilines is 1. The minimum Gasteiger partial charge on any atom is -0.467 e. The van der Waals surface area contributed by atoms with Crippen LogP contribution in [0.25, 0.3) is 0 Å². The molecule has 6 heteroatoms. The molecule has 0 amide bonds. The van der Waals surface area contributed by atoms with Crippen molar-refractivity contribution in [3.05, 3.63) is 23.3 Å². The number of hydrogen-bond acceptors (Lipinski definition) is 6. The molecule has 1 aliphatic rings. The SMILES string of the molecule is N#CCN(CC#N)Cc1cc(N)cc2c1OCOC2. The molecule has 0 aromatic heterocycles. The Balaban J connectivity index is 2.26. The first-order chi connectivity index (χ1) is 9.24. The molecule has 1 aromatic rings. The summed E-state index contributed by atoms with van der Waals surface area (Å²) in [5, 5.41) is 17.5. The van der Waals surface area contributed by atoms with Crippen LogP contribution in [0.1, 0.15) is 11.1 Å². The topological polar surface area (TPSA) is 95.3 Å². The van der Waals surface area contributed by atoms with Gasteiger partial charge in [0.05, 0.1) is 31.8 Å². The number of rotatable bonds is 4. The van der Waals surface area contributed by atoms with E-state index in [0.717, 1.165) is 16.9 Å². The number of ether oxygens (including phenoxy) is 2. The molecule has 0 radical (unpaired) electrons. The van der Waals surface area contributed by atoms with E-state index in [4.69, 9.17) is 25.7 Å². The van der Waals surface area contributed by atoms with Crippen LogP contribution in [0.15, 0.2) is 12.1 Å². The predicted molar refractivity (Wildman–Crippen MR) is 67.6 cm³/mol. The summed E-state index contributed by atoms with van der Waals surface area (Å²) < 4.78 is 10.7. The third kappa shape index (κ3) is 3.14. The van der Waals surface area contributed by atoms with Crippen LogP contribution in [0, 0.1) is 22.7 Å². The van der Waals surface area contributed by atoms with Crippen molar-refractivity contribution in [2.45, 2.75) is 13.2 Å². The summed E-state index contributed by atoms with van der Waals surface area (Å²) in [7, 11) is 0. The van der Waals surface area contributed by atoms with Crippen LogP contribution in [0.5, 0.6) is 5.75 Å². The van der Waals surface area contributed by atoms with E-state index in [1.807, 2.05) is 24.3 Å². The number of nitrogens with zero attached hydrogens (tertiary/aromatic N) is 3. The largest absolute Gasteiger partial charge is 0.467 e. The first-order valence-electron chi connectivity index (χ1n) is 5.82. The number of benzene rings is 1. The molecule has 2 N–H and O–H groups in total. The first-order valence-corrected chi connectivity index (χ1v) is 5.82. The average Bonchev–Trinajstić information content (AvgIpc) is 2.39. The van der Waals surface area contributed by atoms with Crippen molar-refractivity contribution in [3.8, 4) is 17.9 Å². The van der Waals surface area contributed by atoms with Gasteiger partial charge in [0.1, 0.15) is 5.75 Å². The molecule has 0 unspecified atom stereocenters. The predicted octanol–water partition coefficient (Wildman–Crippen LogP) is 0.984. The van der Waals surface area contributed by atoms with Crippen molar-refractivity contribution < 1.29 is 9.47 Å². The van der Waals surface area contributed by atoms with E-state index in [-0.39, 0.29) is 19.9 Å². The lowest BCUT2D eigenvalue weighted by atomic mass is 10.1. The minimum absolute atomic E-state index is 0.188. The van der Waals surface area contributed by atoms with Gasteiger partial charge in [-0.1, -0.05) is 0 Å². The second-order valence-corrected chi connectivity index (χ2v) is 4.24. The lowest BCUT2D eigenvalue weighted by Crippen LogP contribution is -2.25. The molecule has 2 rings (SSSR count). The van der Waals surface area contributed by atoms with Gasteiger partial charge in [0, 0.05) is 23.4 Å². The molecule has 1 heterocycles. The normalized spacial score (nSPS) is 13.2. The smallest absolute Gasteiger partial charge is 0.189 e. The van der Waals surface area contributed by atoms with Gasteiger partial charge in [0.2, 0.25) is 0 Å². The summed E-state index contributed by atoms with van der Waals surface area (Å²) in [4.78, 5) is 1.73. The molecule has 19 heavy (non-hydrogen) atoms. The Kier molecular flexibility index (Phi) is 4.19. The van der Waals surface area contributed by atoms with Crippen LogP contribution in [0.2, 0.25) is 0 Å². The van der Waals surface area contributed by atoms with Crippen LogP contribution in [-0.4, -0.2) is 24.8 Å². The Labute approximate surface area is 111 Å². The molecule has 0 atom stereocenters. The molecular weight excluding hydrogens is 244 g/mol. The maximum Gasteiger partial charge on any atom is 0.189 e. The van der Waals surface area contributed by atoms with Gasteiger partial charge < -0.3 is 15.2 Å². The molecule has 0 spiro atoms. The molecule has 0 fully saturated rings. The number of fused-ring (bicyclic) bond motifs is 1. The molecule has 6 nitrogen and oxygen atoms in total. The Morgan fingerprint density at radius 3 is 2.68 bits per heavy atom.